The topological polar surface area (TPSA) is 124 Å². The number of carbonyl (C=O) groups is 3. The number of carboxylic acid groups (broad SMARTS) is 1. The van der Waals surface area contributed by atoms with E-state index in [2.05, 4.69) is 5.32 Å². The Balaban J connectivity index is 1.62. The van der Waals surface area contributed by atoms with Gasteiger partial charge in [-0.15, -0.1) is 0 Å². The second kappa shape index (κ2) is 9.78. The van der Waals surface area contributed by atoms with Gasteiger partial charge >= 0.3 is 5.97 Å². The Kier molecular flexibility index (Phi) is 6.80. The molecule has 0 aromatic heterocycles. The molecular weight excluding hydrogens is 458 g/mol. The number of nitrogens with zero attached hydrogens (tertiary/aromatic N) is 2. The predicted molar refractivity (Wildman–Crippen MR) is 123 cm³/mol. The standard InChI is InChI=1S/C24H25N3O6S/c28-22(17-9-3-1-4-10-17)25-20-14-8-7-11-18-15-26(16-21(24(30)31)27(18)23(20)29)34(32,33)19-12-5-2-6-13-19/h1-10,12-13,18,20-21H,11,14-16H2,(H,25,28)(H,30,31)/t18-,20-,21-/m0/s1. The van der Waals surface area contributed by atoms with E-state index >= 15 is 0 Å². The average molecular weight is 484 g/mol. The van der Waals surface area contributed by atoms with E-state index in [1.54, 1.807) is 60.7 Å². The van der Waals surface area contributed by atoms with Gasteiger partial charge in [-0.2, -0.15) is 4.31 Å². The Hall–Kier alpha value is -3.50. The first-order chi connectivity index (χ1) is 16.3. The van der Waals surface area contributed by atoms with Crippen molar-refractivity contribution >= 4 is 27.8 Å². The number of fused-ring (bicyclic) bond motifs is 1. The summed E-state index contributed by atoms with van der Waals surface area (Å²) in [5.74, 6) is -2.28. The van der Waals surface area contributed by atoms with Gasteiger partial charge < -0.3 is 15.3 Å². The molecule has 178 valence electrons. The lowest BCUT2D eigenvalue weighted by atomic mass is 9.98. The fourth-order valence-electron chi connectivity index (χ4n) is 4.31. The maximum atomic E-state index is 13.5. The smallest absolute Gasteiger partial charge is 0.327 e. The van der Waals surface area contributed by atoms with Crippen molar-refractivity contribution in [3.63, 3.8) is 0 Å². The van der Waals surface area contributed by atoms with Gasteiger partial charge in [0.1, 0.15) is 12.1 Å². The maximum absolute atomic E-state index is 13.5. The number of rotatable bonds is 5. The van der Waals surface area contributed by atoms with Crippen LogP contribution >= 0.6 is 0 Å². The van der Waals surface area contributed by atoms with Crippen LogP contribution in [0.25, 0.3) is 0 Å². The molecule has 0 radical (unpaired) electrons. The molecule has 1 fully saturated rings. The van der Waals surface area contributed by atoms with Gasteiger partial charge in [-0.25, -0.2) is 13.2 Å². The van der Waals surface area contributed by atoms with Crippen molar-refractivity contribution in [1.82, 2.24) is 14.5 Å². The summed E-state index contributed by atoms with van der Waals surface area (Å²) in [6.07, 6.45) is 4.06. The number of aliphatic carboxylic acids is 1. The van der Waals surface area contributed by atoms with Gasteiger partial charge in [0, 0.05) is 24.7 Å². The number of hydrogen-bond acceptors (Lipinski definition) is 5. The van der Waals surface area contributed by atoms with Crippen molar-refractivity contribution in [2.24, 2.45) is 0 Å². The summed E-state index contributed by atoms with van der Waals surface area (Å²) in [5, 5.41) is 12.6. The van der Waals surface area contributed by atoms with Crippen molar-refractivity contribution in [2.75, 3.05) is 13.1 Å². The van der Waals surface area contributed by atoms with Gasteiger partial charge in [0.25, 0.3) is 5.91 Å². The van der Waals surface area contributed by atoms with E-state index in [0.717, 1.165) is 4.31 Å². The third kappa shape index (κ3) is 4.73. The second-order valence-corrected chi connectivity index (χ2v) is 10.2. The van der Waals surface area contributed by atoms with E-state index < -0.39 is 45.9 Å². The minimum Gasteiger partial charge on any atom is -0.480 e. The number of carboxylic acids is 1. The van der Waals surface area contributed by atoms with Crippen molar-refractivity contribution < 1.29 is 27.9 Å². The van der Waals surface area contributed by atoms with Gasteiger partial charge in [0.05, 0.1) is 4.90 Å². The van der Waals surface area contributed by atoms with Gasteiger partial charge in [-0.3, -0.25) is 9.59 Å². The quantitative estimate of drug-likeness (QED) is 0.621. The largest absolute Gasteiger partial charge is 0.480 e. The number of hydrogen-bond donors (Lipinski definition) is 2. The highest BCUT2D eigenvalue weighted by Crippen LogP contribution is 2.27. The number of piperazine rings is 1. The van der Waals surface area contributed by atoms with Crippen molar-refractivity contribution in [3.05, 3.63) is 78.4 Å². The molecule has 0 unspecified atom stereocenters. The molecule has 0 bridgehead atoms. The molecule has 10 heteroatoms. The monoisotopic (exact) mass is 483 g/mol. The molecule has 2 amide bonds. The van der Waals surface area contributed by atoms with E-state index in [-0.39, 0.29) is 24.4 Å². The molecule has 0 saturated carbocycles. The molecule has 2 aromatic carbocycles. The minimum atomic E-state index is -3.95. The third-order valence-corrected chi connectivity index (χ3v) is 7.87. The van der Waals surface area contributed by atoms with Crippen LogP contribution in [0, 0.1) is 0 Å². The molecule has 1 saturated heterocycles. The third-order valence-electron chi connectivity index (χ3n) is 6.03. The Morgan fingerprint density at radius 1 is 0.912 bits per heavy atom. The molecule has 2 heterocycles. The number of amides is 2. The molecule has 34 heavy (non-hydrogen) atoms. The summed E-state index contributed by atoms with van der Waals surface area (Å²) in [6, 6.07) is 13.2. The fourth-order valence-corrected chi connectivity index (χ4v) is 5.81. The van der Waals surface area contributed by atoms with Crippen LogP contribution in [0.5, 0.6) is 0 Å². The van der Waals surface area contributed by atoms with Crippen molar-refractivity contribution in [1.29, 1.82) is 0 Å². The van der Waals surface area contributed by atoms with Gasteiger partial charge in [0.15, 0.2) is 0 Å². The van der Waals surface area contributed by atoms with Crippen molar-refractivity contribution in [3.8, 4) is 0 Å². The average Bonchev–Trinajstić information content (AvgIpc) is 2.84. The van der Waals surface area contributed by atoms with Gasteiger partial charge in [0.2, 0.25) is 15.9 Å². The Morgan fingerprint density at radius 3 is 2.18 bits per heavy atom. The Bertz CT molecular complexity index is 1200. The summed E-state index contributed by atoms with van der Waals surface area (Å²) < 4.78 is 27.5. The van der Waals surface area contributed by atoms with E-state index in [1.807, 2.05) is 0 Å². The van der Waals surface area contributed by atoms with Crippen LogP contribution in [-0.4, -0.2) is 71.7 Å². The van der Waals surface area contributed by atoms with E-state index in [4.69, 9.17) is 0 Å². The highest BCUT2D eigenvalue weighted by Gasteiger charge is 2.46. The lowest BCUT2D eigenvalue weighted by Gasteiger charge is -2.46. The van der Waals surface area contributed by atoms with Crippen LogP contribution in [0.3, 0.4) is 0 Å². The van der Waals surface area contributed by atoms with Crippen LogP contribution in [0.4, 0.5) is 0 Å². The number of sulfonamides is 1. The molecule has 2 N–H and O–H groups in total. The molecule has 3 atom stereocenters. The van der Waals surface area contributed by atoms with Crippen LogP contribution in [0.1, 0.15) is 23.2 Å². The predicted octanol–water partition coefficient (Wildman–Crippen LogP) is 1.49. The lowest BCUT2D eigenvalue weighted by Crippen LogP contribution is -2.66. The summed E-state index contributed by atoms with van der Waals surface area (Å²) in [5.41, 5.74) is 0.381. The number of benzene rings is 2. The summed E-state index contributed by atoms with van der Waals surface area (Å²) in [4.78, 5) is 39.6. The normalized spacial score (nSPS) is 23.5. The Morgan fingerprint density at radius 2 is 1.53 bits per heavy atom. The number of carbonyl (C=O) groups excluding carboxylic acids is 2. The number of nitrogens with one attached hydrogen (secondary N) is 1. The summed E-state index contributed by atoms with van der Waals surface area (Å²) >= 11 is 0. The minimum absolute atomic E-state index is 0.0452. The first-order valence-electron chi connectivity index (χ1n) is 10.9. The molecule has 0 spiro atoms. The summed E-state index contributed by atoms with van der Waals surface area (Å²) in [7, 11) is -3.95. The van der Waals surface area contributed by atoms with E-state index in [0.29, 0.717) is 12.0 Å². The zero-order chi connectivity index (χ0) is 24.3. The summed E-state index contributed by atoms with van der Waals surface area (Å²) in [6.45, 7) is -0.422. The van der Waals surface area contributed by atoms with Crippen molar-refractivity contribution in [2.45, 2.75) is 35.9 Å². The first-order valence-corrected chi connectivity index (χ1v) is 12.3. The maximum Gasteiger partial charge on any atom is 0.327 e. The van der Waals surface area contributed by atoms with E-state index in [1.165, 1.54) is 17.0 Å². The van der Waals surface area contributed by atoms with Crippen LogP contribution in [0.15, 0.2) is 77.7 Å². The van der Waals surface area contributed by atoms with Gasteiger partial charge in [-0.1, -0.05) is 48.6 Å². The highest BCUT2D eigenvalue weighted by atomic mass is 32.2. The Labute approximate surface area is 197 Å². The zero-order valence-electron chi connectivity index (χ0n) is 18.3. The molecule has 2 aliphatic rings. The molecule has 0 aliphatic carbocycles. The highest BCUT2D eigenvalue weighted by molar-refractivity contribution is 7.89. The fraction of sp³-hybridized carbons (Fsp3) is 0.292. The van der Waals surface area contributed by atoms with Gasteiger partial charge in [-0.05, 0) is 37.1 Å². The SMILES string of the molecule is O=C(N[C@H]1CC=CC[C@H]2CN(S(=O)(=O)c3ccccc3)C[C@@H](C(=O)O)N2C1=O)c1ccccc1. The van der Waals surface area contributed by atoms with E-state index in [9.17, 15) is 27.9 Å². The molecule has 2 aromatic rings. The lowest BCUT2D eigenvalue weighted by molar-refractivity contribution is -0.156. The molecular formula is C24H25N3O6S. The molecule has 2 aliphatic heterocycles. The first kappa shape index (κ1) is 23.7. The van der Waals surface area contributed by atoms with Crippen LogP contribution in [-0.2, 0) is 19.6 Å². The second-order valence-electron chi connectivity index (χ2n) is 8.22. The molecule has 4 rings (SSSR count). The van der Waals surface area contributed by atoms with Crippen LogP contribution < -0.4 is 5.32 Å². The zero-order valence-corrected chi connectivity index (χ0v) is 19.1. The van der Waals surface area contributed by atoms with Crippen LogP contribution in [0.2, 0.25) is 0 Å². The molecule has 9 nitrogen and oxygen atoms in total.